The van der Waals surface area contributed by atoms with Crippen LogP contribution in [0.4, 0.5) is 11.4 Å². The maximum Gasteiger partial charge on any atom is 0.234 e. The second-order valence-corrected chi connectivity index (χ2v) is 10.8. The number of hydrogen-bond acceptors (Lipinski definition) is 8. The third-order valence-electron chi connectivity index (χ3n) is 6.84. The first-order chi connectivity index (χ1) is 19.2. The number of methoxy groups -OCH3 is 2. The van der Waals surface area contributed by atoms with Crippen molar-refractivity contribution in [2.75, 3.05) is 37.4 Å². The van der Waals surface area contributed by atoms with Crippen molar-refractivity contribution in [1.82, 2.24) is 0 Å². The molecule has 10 heteroatoms. The Balaban J connectivity index is 2.04. The molecule has 2 aliphatic heterocycles. The van der Waals surface area contributed by atoms with E-state index >= 15 is 0 Å². The number of nitrogens with one attached hydrogen (secondary N) is 2. The molecule has 0 aromatic heterocycles. The van der Waals surface area contributed by atoms with Crippen molar-refractivity contribution in [2.24, 2.45) is 5.92 Å². The average Bonchev–Trinajstić information content (AvgIpc) is 2.93. The van der Waals surface area contributed by atoms with Crippen LogP contribution in [0, 0.1) is 5.92 Å². The molecule has 3 rings (SSSR count). The number of rotatable bonds is 4. The van der Waals surface area contributed by atoms with E-state index in [9.17, 15) is 19.8 Å². The van der Waals surface area contributed by atoms with Gasteiger partial charge in [-0.25, -0.2) is 0 Å². The molecule has 1 aromatic carbocycles. The highest BCUT2D eigenvalue weighted by molar-refractivity contribution is 8.00. The number of thioether (sulfide) groups is 1. The largest absolute Gasteiger partial charge is 0.465 e. The van der Waals surface area contributed by atoms with Crippen LogP contribution in [0.1, 0.15) is 38.7 Å². The quantitative estimate of drug-likeness (QED) is 0.310. The van der Waals surface area contributed by atoms with Crippen molar-refractivity contribution < 1.29 is 34.0 Å². The number of hydrogen-bond donors (Lipinski definition) is 4. The summed E-state index contributed by atoms with van der Waals surface area (Å²) in [6.45, 7) is 3.65. The Kier molecular flexibility index (Phi) is 12.5. The van der Waals surface area contributed by atoms with Gasteiger partial charge in [-0.15, -0.1) is 11.8 Å². The van der Waals surface area contributed by atoms with E-state index in [4.69, 9.17) is 14.2 Å². The predicted octanol–water partition coefficient (Wildman–Crippen LogP) is 4.37. The van der Waals surface area contributed by atoms with E-state index in [2.05, 4.69) is 10.6 Å². The van der Waals surface area contributed by atoms with E-state index < -0.39 is 18.3 Å². The SMILES string of the molecule is COCOc1c2cc3c(c1CCC=C(C)[C@H](O)[C@@H](C)[C@@H](O)C/C=C/C=C/C=C[C@H](OC)CC(=O)N2)SCC(=O)N3. The molecule has 2 aliphatic rings. The number of aliphatic hydroxyl groups is 2. The van der Waals surface area contributed by atoms with Crippen molar-refractivity contribution in [3.8, 4) is 5.75 Å². The summed E-state index contributed by atoms with van der Waals surface area (Å²) in [6, 6.07) is 1.71. The molecule has 0 saturated heterocycles. The number of allylic oxidation sites excluding steroid dienone is 5. The average molecular weight is 573 g/mol. The van der Waals surface area contributed by atoms with Crippen LogP contribution in [-0.2, 0) is 25.5 Å². The van der Waals surface area contributed by atoms with Gasteiger partial charge in [0, 0.05) is 30.6 Å². The van der Waals surface area contributed by atoms with Crippen LogP contribution in [0.2, 0.25) is 0 Å². The minimum absolute atomic E-state index is 0.0293. The highest BCUT2D eigenvalue weighted by Gasteiger charge is 2.26. The molecule has 0 radical (unpaired) electrons. The minimum atomic E-state index is -0.806. The van der Waals surface area contributed by atoms with Gasteiger partial charge in [0.2, 0.25) is 11.8 Å². The highest BCUT2D eigenvalue weighted by atomic mass is 32.2. The molecule has 2 heterocycles. The fourth-order valence-corrected chi connectivity index (χ4v) is 5.50. The monoisotopic (exact) mass is 572 g/mol. The van der Waals surface area contributed by atoms with Crippen LogP contribution < -0.4 is 15.4 Å². The molecule has 9 nitrogen and oxygen atoms in total. The number of ether oxygens (including phenoxy) is 3. The van der Waals surface area contributed by atoms with Crippen molar-refractivity contribution in [1.29, 1.82) is 0 Å². The Morgan fingerprint density at radius 1 is 1.05 bits per heavy atom. The summed E-state index contributed by atoms with van der Waals surface area (Å²) < 4.78 is 16.6. The molecule has 1 aromatic rings. The zero-order valence-corrected chi connectivity index (χ0v) is 24.3. The van der Waals surface area contributed by atoms with Gasteiger partial charge in [0.25, 0.3) is 0 Å². The fourth-order valence-electron chi connectivity index (χ4n) is 4.52. The Labute approximate surface area is 240 Å². The van der Waals surface area contributed by atoms with Gasteiger partial charge in [0.1, 0.15) is 0 Å². The molecule has 2 bridgehead atoms. The number of amides is 2. The number of fused-ring (bicyclic) bond motifs is 4. The number of benzene rings is 1. The van der Waals surface area contributed by atoms with Crippen LogP contribution >= 0.6 is 11.8 Å². The normalized spacial score (nSPS) is 26.4. The molecule has 0 aliphatic carbocycles. The Bertz CT molecular complexity index is 1160. The molecular formula is C30H40N2O7S. The fraction of sp³-hybridized carbons (Fsp3) is 0.467. The van der Waals surface area contributed by atoms with E-state index in [1.165, 1.54) is 26.0 Å². The van der Waals surface area contributed by atoms with Crippen LogP contribution in [0.3, 0.4) is 0 Å². The van der Waals surface area contributed by atoms with E-state index in [1.807, 2.05) is 44.2 Å². The first-order valence-corrected chi connectivity index (χ1v) is 14.3. The zero-order valence-electron chi connectivity index (χ0n) is 23.5. The summed E-state index contributed by atoms with van der Waals surface area (Å²) in [5.74, 6) is -0.0296. The third kappa shape index (κ3) is 8.81. The number of aliphatic hydroxyl groups excluding tert-OH is 2. The number of anilines is 2. The summed E-state index contributed by atoms with van der Waals surface area (Å²) >= 11 is 1.42. The van der Waals surface area contributed by atoms with Crippen molar-refractivity contribution in [3.05, 3.63) is 59.7 Å². The lowest BCUT2D eigenvalue weighted by Crippen LogP contribution is -2.30. The van der Waals surface area contributed by atoms with Crippen LogP contribution in [0.5, 0.6) is 5.75 Å². The maximum absolute atomic E-state index is 13.1. The van der Waals surface area contributed by atoms with Gasteiger partial charge in [-0.3, -0.25) is 9.59 Å². The first kappa shape index (κ1) is 31.6. The summed E-state index contributed by atoms with van der Waals surface area (Å²) in [6.07, 6.45) is 12.4. The molecule has 0 unspecified atom stereocenters. The molecule has 40 heavy (non-hydrogen) atoms. The molecule has 218 valence electrons. The molecule has 0 saturated carbocycles. The third-order valence-corrected chi connectivity index (χ3v) is 8.00. The van der Waals surface area contributed by atoms with Gasteiger partial charge in [-0.05, 0) is 37.8 Å². The second-order valence-electron chi connectivity index (χ2n) is 9.81. The summed E-state index contributed by atoms with van der Waals surface area (Å²) in [5, 5.41) is 27.4. The van der Waals surface area contributed by atoms with Crippen LogP contribution in [-0.4, -0.2) is 67.1 Å². The Morgan fingerprint density at radius 3 is 2.55 bits per heavy atom. The Hall–Kier alpha value is -2.89. The van der Waals surface area contributed by atoms with Crippen molar-refractivity contribution >= 4 is 35.0 Å². The zero-order chi connectivity index (χ0) is 29.1. The smallest absolute Gasteiger partial charge is 0.234 e. The van der Waals surface area contributed by atoms with E-state index in [-0.39, 0.29) is 36.7 Å². The molecule has 0 fully saturated rings. The maximum atomic E-state index is 13.1. The lowest BCUT2D eigenvalue weighted by Gasteiger charge is -2.25. The van der Waals surface area contributed by atoms with Crippen LogP contribution in [0.15, 0.2) is 59.1 Å². The van der Waals surface area contributed by atoms with Gasteiger partial charge in [0.15, 0.2) is 12.5 Å². The number of carbonyl (C=O) groups excluding carboxylic acids is 2. The number of carbonyl (C=O) groups is 2. The van der Waals surface area contributed by atoms with Gasteiger partial charge in [-0.1, -0.05) is 49.5 Å². The summed E-state index contributed by atoms with van der Waals surface area (Å²) in [5.41, 5.74) is 2.61. The van der Waals surface area contributed by atoms with Gasteiger partial charge >= 0.3 is 0 Å². The molecule has 0 spiro atoms. The van der Waals surface area contributed by atoms with E-state index in [1.54, 1.807) is 18.2 Å². The minimum Gasteiger partial charge on any atom is -0.465 e. The molecule has 2 amide bonds. The topological polar surface area (TPSA) is 126 Å². The standard InChI is InChI=1S/C30H40N2O7S/c1-19-11-10-13-22-29(39-18-37-3)23(16-24-30(22)40-17-27(35)32-24)31-26(34)15-21(38-4)12-8-6-5-7-9-14-25(33)20(2)28(19)36/h5-9,11-12,16,20-21,25,28,33,36H,10,13-15,17-18H2,1-4H3,(H,31,34)(H,32,35)/b6-5+,9-7+,12-8?,19-11?/t20-,21-,25-,28-/m0/s1. The lowest BCUT2D eigenvalue weighted by atomic mass is 9.90. The molecule has 4 atom stereocenters. The molecular weight excluding hydrogens is 532 g/mol. The summed E-state index contributed by atoms with van der Waals surface area (Å²) in [7, 11) is 3.06. The first-order valence-electron chi connectivity index (χ1n) is 13.3. The van der Waals surface area contributed by atoms with Crippen LogP contribution in [0.25, 0.3) is 0 Å². The highest BCUT2D eigenvalue weighted by Crippen LogP contribution is 2.45. The van der Waals surface area contributed by atoms with E-state index in [0.29, 0.717) is 36.4 Å². The van der Waals surface area contributed by atoms with Gasteiger partial charge in [-0.2, -0.15) is 0 Å². The predicted molar refractivity (Wildman–Crippen MR) is 158 cm³/mol. The van der Waals surface area contributed by atoms with Gasteiger partial charge in [0.05, 0.1) is 41.9 Å². The second kappa shape index (κ2) is 15.8. The Morgan fingerprint density at radius 2 is 1.80 bits per heavy atom. The van der Waals surface area contributed by atoms with E-state index in [0.717, 1.165) is 16.0 Å². The van der Waals surface area contributed by atoms with Crippen molar-refractivity contribution in [3.63, 3.8) is 0 Å². The lowest BCUT2D eigenvalue weighted by molar-refractivity contribution is -0.118. The molecule has 4 N–H and O–H groups in total. The van der Waals surface area contributed by atoms with Crippen molar-refractivity contribution in [2.45, 2.75) is 62.7 Å². The summed E-state index contributed by atoms with van der Waals surface area (Å²) in [4.78, 5) is 26.1. The van der Waals surface area contributed by atoms with Gasteiger partial charge < -0.3 is 35.1 Å².